The van der Waals surface area contributed by atoms with Gasteiger partial charge in [-0.1, -0.05) is 0 Å². The highest BCUT2D eigenvalue weighted by Crippen LogP contribution is 2.82. The quantitative estimate of drug-likeness (QED) is 0.284. The molecule has 4 aliphatic heterocycles. The first-order valence-electron chi connectivity index (χ1n) is 11.9. The Labute approximate surface area is 206 Å². The molecule has 36 heavy (non-hydrogen) atoms. The van der Waals surface area contributed by atoms with Gasteiger partial charge in [0, 0.05) is 19.4 Å². The molecule has 0 unspecified atom stereocenters. The van der Waals surface area contributed by atoms with E-state index in [1.807, 2.05) is 6.92 Å². The van der Waals surface area contributed by atoms with Crippen molar-refractivity contribution in [2.24, 2.45) is 11.3 Å². The van der Waals surface area contributed by atoms with Gasteiger partial charge < -0.3 is 54.0 Å². The fourth-order valence-corrected chi connectivity index (χ4v) is 7.13. The lowest BCUT2D eigenvalue weighted by Gasteiger charge is -2.68. The number of methoxy groups -OCH3 is 1. The Morgan fingerprint density at radius 2 is 1.83 bits per heavy atom. The average molecular weight is 510 g/mol. The van der Waals surface area contributed by atoms with Gasteiger partial charge >= 0.3 is 5.97 Å². The smallest absolute Gasteiger partial charge is 0.338 e. The van der Waals surface area contributed by atoms with E-state index >= 15 is 0 Å². The SMILES string of the molecule is CO[C@]12C[C@]3(C)O[C@H](O1)[C@]1(COC(=O)c4ccc(O)cc4)[C@H]2C[C@]13O[C@@H]1O[C@H](CO)[C@@H](O)[C@H](O)[C@H]1O. The van der Waals surface area contributed by atoms with Crippen LogP contribution in [-0.4, -0.2) is 106 Å². The third kappa shape index (κ3) is 2.82. The van der Waals surface area contributed by atoms with E-state index in [2.05, 4.69) is 0 Å². The van der Waals surface area contributed by atoms with Gasteiger partial charge in [0.2, 0.25) is 0 Å². The first-order chi connectivity index (χ1) is 17.1. The highest BCUT2D eigenvalue weighted by Gasteiger charge is 2.95. The highest BCUT2D eigenvalue weighted by atomic mass is 16.8. The number of ether oxygens (including phenoxy) is 6. The van der Waals surface area contributed by atoms with Gasteiger partial charge in [0.1, 0.15) is 48.0 Å². The zero-order chi connectivity index (χ0) is 25.7. The van der Waals surface area contributed by atoms with Crippen LogP contribution in [0.15, 0.2) is 24.3 Å². The van der Waals surface area contributed by atoms with Gasteiger partial charge in [-0.3, -0.25) is 0 Å². The fraction of sp³-hybridized carbons (Fsp3) is 0.708. The Morgan fingerprint density at radius 3 is 2.50 bits per heavy atom. The maximum atomic E-state index is 12.8. The zero-order valence-electron chi connectivity index (χ0n) is 19.8. The van der Waals surface area contributed by atoms with Crippen LogP contribution in [0.3, 0.4) is 0 Å². The molecule has 1 aromatic rings. The summed E-state index contributed by atoms with van der Waals surface area (Å²) in [4.78, 5) is 12.8. The van der Waals surface area contributed by atoms with Crippen LogP contribution < -0.4 is 0 Å². The average Bonchev–Trinajstić information content (AvgIpc) is 3.07. The van der Waals surface area contributed by atoms with E-state index in [0.29, 0.717) is 12.8 Å². The summed E-state index contributed by atoms with van der Waals surface area (Å²) in [6.45, 7) is 1.08. The largest absolute Gasteiger partial charge is 0.508 e. The van der Waals surface area contributed by atoms with Crippen molar-refractivity contribution in [3.05, 3.63) is 29.8 Å². The number of hydrogen-bond acceptors (Lipinski definition) is 12. The van der Waals surface area contributed by atoms with Crippen LogP contribution in [0, 0.1) is 11.3 Å². The summed E-state index contributed by atoms with van der Waals surface area (Å²) in [5.74, 6) is -1.84. The van der Waals surface area contributed by atoms with Gasteiger partial charge in [0.05, 0.1) is 17.6 Å². The first kappa shape index (κ1) is 24.5. The zero-order valence-corrected chi connectivity index (χ0v) is 19.8. The minimum absolute atomic E-state index is 0.0155. The number of aliphatic hydroxyl groups is 4. The van der Waals surface area contributed by atoms with Gasteiger partial charge in [0.15, 0.2) is 18.4 Å². The number of phenolic OH excluding ortho intramolecular Hbond substituents is 1. The number of phenols is 1. The van der Waals surface area contributed by atoms with E-state index in [-0.39, 0.29) is 23.8 Å². The number of hydrogen-bond donors (Lipinski definition) is 5. The highest BCUT2D eigenvalue weighted by molar-refractivity contribution is 5.89. The van der Waals surface area contributed by atoms with Gasteiger partial charge in [-0.2, -0.15) is 0 Å². The number of carbonyl (C=O) groups is 1. The minimum atomic E-state index is -1.61. The van der Waals surface area contributed by atoms with Gasteiger partial charge in [-0.25, -0.2) is 4.79 Å². The van der Waals surface area contributed by atoms with Gasteiger partial charge in [-0.05, 0) is 37.6 Å². The standard InChI is InChI=1S/C24H30O12/c1-21-9-23(31-2)14-7-24(21,34-19-17(29)16(28)15(27)13(8-25)33-19)22(14,20(35-21)36-23)10-32-18(30)11-3-5-12(26)6-4-11/h3-6,13-17,19-20,25-29H,7-10H2,1-2H3/t13-,14-,15-,16+,17-,19+,20-,21+,22+,23-,24-/m1/s1. The van der Waals surface area contributed by atoms with E-state index in [1.165, 1.54) is 24.3 Å². The normalized spacial score (nSPS) is 50.2. The number of aromatic hydroxyl groups is 1. The van der Waals surface area contributed by atoms with Crippen LogP contribution >= 0.6 is 0 Å². The molecule has 6 bridgehead atoms. The molecule has 0 amide bonds. The lowest BCUT2D eigenvalue weighted by molar-refractivity contribution is -0.427. The van der Waals surface area contributed by atoms with E-state index in [0.717, 1.165) is 0 Å². The Morgan fingerprint density at radius 1 is 1.11 bits per heavy atom. The molecular formula is C24H30O12. The summed E-state index contributed by atoms with van der Waals surface area (Å²) in [5.41, 5.74) is -2.91. The molecule has 3 aliphatic carbocycles. The number of esters is 1. The first-order valence-corrected chi connectivity index (χ1v) is 11.9. The van der Waals surface area contributed by atoms with E-state index in [9.17, 15) is 30.3 Å². The van der Waals surface area contributed by atoms with Crippen LogP contribution in [-0.2, 0) is 28.4 Å². The van der Waals surface area contributed by atoms with Crippen molar-refractivity contribution in [3.63, 3.8) is 0 Å². The van der Waals surface area contributed by atoms with E-state index < -0.39 is 72.0 Å². The number of carbonyl (C=O) groups excluding carboxylic acids is 1. The molecule has 7 fully saturated rings. The fourth-order valence-electron chi connectivity index (χ4n) is 7.13. The van der Waals surface area contributed by atoms with Crippen LogP contribution in [0.2, 0.25) is 0 Å². The van der Waals surface area contributed by atoms with Crippen molar-refractivity contribution in [1.29, 1.82) is 0 Å². The molecule has 12 heteroatoms. The Balaban J connectivity index is 1.32. The maximum Gasteiger partial charge on any atom is 0.338 e. The second-order valence-electron chi connectivity index (χ2n) is 10.6. The molecule has 0 aromatic heterocycles. The summed E-state index contributed by atoms with van der Waals surface area (Å²) in [6.07, 6.45) is -7.45. The van der Waals surface area contributed by atoms with E-state index in [4.69, 9.17) is 28.4 Å². The molecule has 198 valence electrons. The number of aliphatic hydroxyl groups excluding tert-OH is 4. The Hall–Kier alpha value is -1.87. The van der Waals surface area contributed by atoms with Crippen molar-refractivity contribution in [2.45, 2.75) is 73.8 Å². The van der Waals surface area contributed by atoms with Crippen LogP contribution in [0.1, 0.15) is 30.1 Å². The van der Waals surface area contributed by atoms with Crippen molar-refractivity contribution >= 4 is 5.97 Å². The van der Waals surface area contributed by atoms with Crippen LogP contribution in [0.25, 0.3) is 0 Å². The predicted octanol–water partition coefficient (Wildman–Crippen LogP) is -0.998. The molecule has 3 saturated carbocycles. The van der Waals surface area contributed by atoms with Gasteiger partial charge in [0.25, 0.3) is 0 Å². The molecular weight excluding hydrogens is 480 g/mol. The summed E-state index contributed by atoms with van der Waals surface area (Å²) in [5, 5.41) is 50.2. The second kappa shape index (κ2) is 7.82. The van der Waals surface area contributed by atoms with Gasteiger partial charge in [-0.15, -0.1) is 0 Å². The lowest BCUT2D eigenvalue weighted by Crippen LogP contribution is -2.81. The van der Waals surface area contributed by atoms with Crippen LogP contribution in [0.5, 0.6) is 5.75 Å². The van der Waals surface area contributed by atoms with Crippen molar-refractivity contribution < 1.29 is 58.7 Å². The molecule has 0 radical (unpaired) electrons. The molecule has 4 saturated heterocycles. The molecule has 1 aromatic carbocycles. The predicted molar refractivity (Wildman–Crippen MR) is 115 cm³/mol. The van der Waals surface area contributed by atoms with Crippen LogP contribution in [0.4, 0.5) is 0 Å². The molecule has 12 nitrogen and oxygen atoms in total. The monoisotopic (exact) mass is 510 g/mol. The molecule has 4 heterocycles. The molecule has 7 aliphatic rings. The van der Waals surface area contributed by atoms with Crippen molar-refractivity contribution in [1.82, 2.24) is 0 Å². The second-order valence-corrected chi connectivity index (χ2v) is 10.6. The molecule has 8 rings (SSSR count). The molecule has 0 spiro atoms. The molecule has 5 N–H and O–H groups in total. The lowest BCUT2D eigenvalue weighted by atomic mass is 9.41. The number of rotatable bonds is 7. The topological polar surface area (TPSA) is 174 Å². The summed E-state index contributed by atoms with van der Waals surface area (Å²) < 4.78 is 36.2. The summed E-state index contributed by atoms with van der Waals surface area (Å²) >= 11 is 0. The Bertz CT molecular complexity index is 1050. The maximum absolute atomic E-state index is 12.8. The third-order valence-electron chi connectivity index (χ3n) is 8.98. The van der Waals surface area contributed by atoms with Crippen molar-refractivity contribution in [2.75, 3.05) is 20.3 Å². The summed E-state index contributed by atoms with van der Waals surface area (Å²) in [6, 6.07) is 5.65. The third-order valence-corrected chi connectivity index (χ3v) is 8.98. The van der Waals surface area contributed by atoms with Crippen molar-refractivity contribution in [3.8, 4) is 5.75 Å². The number of benzene rings is 1. The minimum Gasteiger partial charge on any atom is -0.508 e. The molecule has 11 atom stereocenters. The summed E-state index contributed by atoms with van der Waals surface area (Å²) in [7, 11) is 1.55. The Kier molecular flexibility index (Phi) is 5.31. The van der Waals surface area contributed by atoms with E-state index in [1.54, 1.807) is 7.11 Å².